The summed E-state index contributed by atoms with van der Waals surface area (Å²) in [6.45, 7) is 1.52. The fourth-order valence-corrected chi connectivity index (χ4v) is 13.9. The van der Waals surface area contributed by atoms with Gasteiger partial charge < -0.3 is 26.2 Å². The van der Waals surface area contributed by atoms with Gasteiger partial charge in [0.15, 0.2) is 0 Å². The number of piperidine rings is 2. The van der Waals surface area contributed by atoms with Crippen LogP contribution in [0.4, 0.5) is 41.6 Å². The lowest BCUT2D eigenvalue weighted by atomic mass is 10.1. The van der Waals surface area contributed by atoms with Crippen LogP contribution >= 0.6 is 22.7 Å². The number of non-ortho nitro benzene ring substituents is 2. The molecule has 0 unspecified atom stereocenters. The Balaban J connectivity index is 0.000000219. The number of hydrogen-bond acceptors (Lipinski definition) is 15. The van der Waals surface area contributed by atoms with Crippen molar-refractivity contribution in [3.8, 4) is 0 Å². The summed E-state index contributed by atoms with van der Waals surface area (Å²) in [6.07, 6.45) is -2.18. The van der Waals surface area contributed by atoms with Gasteiger partial charge in [-0.05, 0) is 111 Å². The van der Waals surface area contributed by atoms with Gasteiger partial charge in [0.1, 0.15) is 8.42 Å². The van der Waals surface area contributed by atoms with E-state index in [-0.39, 0.29) is 63.6 Å². The van der Waals surface area contributed by atoms with Crippen molar-refractivity contribution in [1.29, 1.82) is 0 Å². The summed E-state index contributed by atoms with van der Waals surface area (Å²) >= 11 is 2.16. The van der Waals surface area contributed by atoms with Gasteiger partial charge in [0.25, 0.3) is 43.2 Å². The molecular weight excluding hydrogens is 1060 g/mol. The van der Waals surface area contributed by atoms with Crippen LogP contribution in [-0.2, 0) is 39.3 Å². The molecule has 2 aliphatic heterocycles. The van der Waals surface area contributed by atoms with E-state index in [0.717, 1.165) is 46.2 Å². The lowest BCUT2D eigenvalue weighted by Crippen LogP contribution is -2.42. The molecule has 398 valence electrons. The number of alkyl halides is 3. The van der Waals surface area contributed by atoms with E-state index in [1.54, 1.807) is 24.3 Å². The van der Waals surface area contributed by atoms with Gasteiger partial charge in [-0.2, -0.15) is 21.8 Å². The van der Waals surface area contributed by atoms with Crippen molar-refractivity contribution < 1.29 is 49.4 Å². The molecule has 0 aliphatic carbocycles. The van der Waals surface area contributed by atoms with Crippen molar-refractivity contribution in [3.63, 3.8) is 0 Å². The van der Waals surface area contributed by atoms with Crippen LogP contribution in [0.25, 0.3) is 0 Å². The Bertz CT molecular complexity index is 3210. The van der Waals surface area contributed by atoms with E-state index in [0.29, 0.717) is 59.8 Å². The zero-order valence-corrected chi connectivity index (χ0v) is 43.6. The van der Waals surface area contributed by atoms with Crippen molar-refractivity contribution in [1.82, 2.24) is 19.2 Å². The smallest absolute Gasteiger partial charge is 0.382 e. The number of nitrogens with one attached hydrogen (secondary N) is 4. The second-order valence-corrected chi connectivity index (χ2v) is 24.2. The van der Waals surface area contributed by atoms with E-state index in [9.17, 15) is 59.8 Å². The van der Waals surface area contributed by atoms with E-state index in [2.05, 4.69) is 27.3 Å². The molecule has 2 saturated heterocycles. The molecule has 0 bridgehead atoms. The Morgan fingerprint density at radius 3 is 1.40 bits per heavy atom. The van der Waals surface area contributed by atoms with Crippen LogP contribution in [0.1, 0.15) is 61.7 Å². The van der Waals surface area contributed by atoms with Crippen LogP contribution in [0, 0.1) is 20.2 Å². The molecule has 0 radical (unpaired) electrons. The molecule has 19 nitrogen and oxygen atoms in total. The van der Waals surface area contributed by atoms with E-state index in [1.165, 1.54) is 69.3 Å². The van der Waals surface area contributed by atoms with Crippen molar-refractivity contribution in [2.75, 3.05) is 55.8 Å². The molecule has 2 amide bonds. The minimum absolute atomic E-state index is 0.0823. The number of rotatable bonds is 17. The normalized spacial score (nSPS) is 15.0. The maximum absolute atomic E-state index is 13.2. The number of nitro groups is 2. The van der Waals surface area contributed by atoms with Gasteiger partial charge in [-0.3, -0.25) is 29.8 Å². The van der Waals surface area contributed by atoms with Crippen LogP contribution in [-0.4, -0.2) is 99.5 Å². The number of anilines is 3. The summed E-state index contributed by atoms with van der Waals surface area (Å²) < 4.78 is 94.7. The molecule has 6 aromatic rings. The summed E-state index contributed by atoms with van der Waals surface area (Å²) in [7, 11) is -3.40. The highest BCUT2D eigenvalue weighted by Crippen LogP contribution is 2.33. The molecule has 0 spiro atoms. The van der Waals surface area contributed by atoms with E-state index >= 15 is 0 Å². The highest BCUT2D eigenvalue weighted by molar-refractivity contribution is 7.91. The van der Waals surface area contributed by atoms with Gasteiger partial charge >= 0.3 is 6.18 Å². The summed E-state index contributed by atoms with van der Waals surface area (Å²) in [5.74, 6) is -0.841. The average molecular weight is 1110 g/mol. The Morgan fingerprint density at radius 2 is 1.01 bits per heavy atom. The predicted molar refractivity (Wildman–Crippen MR) is 280 cm³/mol. The predicted octanol–water partition coefficient (Wildman–Crippen LogP) is 8.79. The van der Waals surface area contributed by atoms with Crippen molar-refractivity contribution >= 4 is 83.0 Å². The third kappa shape index (κ3) is 14.7. The Labute approximate surface area is 438 Å². The van der Waals surface area contributed by atoms with Crippen LogP contribution in [0.3, 0.4) is 0 Å². The molecule has 2 fully saturated rings. The molecule has 2 aliphatic rings. The third-order valence-corrected chi connectivity index (χ3v) is 19.1. The standard InChI is InChI=1S/C25H29N5O5S2.C24H23F3N4O5S2/c1-28(2)22-5-3-4-20(16-22)27-19-12-14-29(15-13-19)37(34,35)24-11-10-23(36-24)17-26-25(31)18-6-8-21(9-7-18)30(32)33;25-24(26,27)17-2-1-3-19(14-17)29-18-10-12-30(13-11-18)38(35,36)22-9-8-21(37-22)15-28-23(32)16-4-6-20(7-5-16)31(33)34/h3-11,16,19,27H,12-15,17H2,1-2H3,(H,26,31);1-9,14,18,29H,10-13,15H2,(H,28,32). The largest absolute Gasteiger partial charge is 0.416 e. The zero-order chi connectivity index (χ0) is 54.1. The van der Waals surface area contributed by atoms with Gasteiger partial charge in [0, 0.05) is 115 Å². The number of thiophene rings is 2. The number of benzene rings is 4. The van der Waals surface area contributed by atoms with E-state index in [4.69, 9.17) is 0 Å². The molecule has 4 heterocycles. The van der Waals surface area contributed by atoms with Gasteiger partial charge in [0.05, 0.1) is 28.5 Å². The molecule has 4 N–H and O–H groups in total. The van der Waals surface area contributed by atoms with Crippen LogP contribution in [0.5, 0.6) is 0 Å². The number of nitrogens with zero attached hydrogens (tertiary/aromatic N) is 5. The molecule has 8 rings (SSSR count). The minimum atomic E-state index is -4.44. The SMILES string of the molecule is CN(C)c1cccc(NC2CCN(S(=O)(=O)c3ccc(CNC(=O)c4ccc([N+](=O)[O-])cc4)s3)CC2)c1.O=C(NCc1ccc(S(=O)(=O)N2CCC(Nc3cccc(C(F)(F)F)c3)CC2)s1)c1ccc([N+](=O)[O-])cc1. The number of sulfonamides is 2. The van der Waals surface area contributed by atoms with Gasteiger partial charge in [-0.1, -0.05) is 12.1 Å². The van der Waals surface area contributed by atoms with Gasteiger partial charge in [-0.25, -0.2) is 16.8 Å². The first-order valence-corrected chi connectivity index (χ1v) is 27.8. The lowest BCUT2D eigenvalue weighted by Gasteiger charge is -2.32. The molecule has 75 heavy (non-hydrogen) atoms. The molecule has 0 atom stereocenters. The maximum Gasteiger partial charge on any atom is 0.416 e. The number of amides is 2. The van der Waals surface area contributed by atoms with E-state index < -0.39 is 53.4 Å². The summed E-state index contributed by atoms with van der Waals surface area (Å²) in [6, 6.07) is 29.8. The zero-order valence-electron chi connectivity index (χ0n) is 40.4. The average Bonchev–Trinajstić information content (AvgIpc) is 4.10. The van der Waals surface area contributed by atoms with Gasteiger partial charge in [-0.15, -0.1) is 22.7 Å². The first-order valence-electron chi connectivity index (χ1n) is 23.3. The quantitative estimate of drug-likeness (QED) is 0.0493. The minimum Gasteiger partial charge on any atom is -0.382 e. The summed E-state index contributed by atoms with van der Waals surface area (Å²) in [5, 5.41) is 33.5. The van der Waals surface area contributed by atoms with Crippen LogP contribution in [0.2, 0.25) is 0 Å². The molecule has 26 heteroatoms. The number of carbonyl (C=O) groups excluding carboxylic acids is 2. The topological polar surface area (TPSA) is 247 Å². The fraction of sp³-hybridized carbons (Fsp3) is 0.306. The number of hydrogen-bond donors (Lipinski definition) is 4. The molecular formula is C49H52F3N9O10S4. The Hall–Kier alpha value is -6.97. The second-order valence-electron chi connectivity index (χ2n) is 17.6. The fourth-order valence-electron chi connectivity index (χ4n) is 8.06. The number of nitro benzene ring substituents is 2. The number of halogens is 3. The second kappa shape index (κ2) is 24.1. The summed E-state index contributed by atoms with van der Waals surface area (Å²) in [4.78, 5) is 48.4. The van der Waals surface area contributed by atoms with Gasteiger partial charge in [0.2, 0.25) is 0 Å². The van der Waals surface area contributed by atoms with Crippen molar-refractivity contribution in [2.45, 2.75) is 65.5 Å². The van der Waals surface area contributed by atoms with Crippen molar-refractivity contribution in [3.05, 3.63) is 168 Å². The first kappa shape index (κ1) is 55.8. The highest BCUT2D eigenvalue weighted by Gasteiger charge is 2.34. The number of carbonyl (C=O) groups is 2. The first-order chi connectivity index (χ1) is 35.6. The van der Waals surface area contributed by atoms with Crippen LogP contribution < -0.4 is 26.2 Å². The monoisotopic (exact) mass is 1110 g/mol. The van der Waals surface area contributed by atoms with Crippen LogP contribution in [0.15, 0.2) is 130 Å². The molecule has 0 saturated carbocycles. The third-order valence-electron chi connectivity index (χ3n) is 12.2. The van der Waals surface area contributed by atoms with E-state index in [1.807, 2.05) is 37.2 Å². The summed E-state index contributed by atoms with van der Waals surface area (Å²) in [5.41, 5.74) is 2.00. The lowest BCUT2D eigenvalue weighted by molar-refractivity contribution is -0.385. The Kier molecular flexibility index (Phi) is 18.0. The molecule has 4 aromatic carbocycles. The Morgan fingerprint density at radius 1 is 0.613 bits per heavy atom. The van der Waals surface area contributed by atoms with Crippen molar-refractivity contribution in [2.24, 2.45) is 0 Å². The maximum atomic E-state index is 13.2. The molecule has 2 aromatic heterocycles. The highest BCUT2D eigenvalue weighted by atomic mass is 32.3.